The maximum atomic E-state index is 5.44. The largest absolute Gasteiger partial charge is 0.434 e. The normalized spacial score (nSPS) is 10.1. The molecule has 0 saturated carbocycles. The topological polar surface area (TPSA) is 9.23 Å². The summed E-state index contributed by atoms with van der Waals surface area (Å²) in [7, 11) is 1.84. The van der Waals surface area contributed by atoms with Crippen LogP contribution in [0.25, 0.3) is 0 Å². The molecule has 0 heterocycles. The van der Waals surface area contributed by atoms with Gasteiger partial charge in [-0.2, -0.15) is 0 Å². The molecule has 0 aliphatic rings. The Kier molecular flexibility index (Phi) is 6.17. The summed E-state index contributed by atoms with van der Waals surface area (Å²) in [6, 6.07) is 10.1. The van der Waals surface area contributed by atoms with E-state index in [9.17, 15) is 0 Å². The van der Waals surface area contributed by atoms with Gasteiger partial charge in [-0.15, -0.1) is 0 Å². The Bertz CT molecular complexity index is 223. The molecule has 1 aromatic carbocycles. The van der Waals surface area contributed by atoms with E-state index in [4.69, 9.17) is 4.65 Å². The van der Waals surface area contributed by atoms with Crippen molar-refractivity contribution in [2.75, 3.05) is 6.61 Å². The lowest BCUT2D eigenvalue weighted by Crippen LogP contribution is -2.17. The van der Waals surface area contributed by atoms with Gasteiger partial charge in [0.25, 0.3) is 0 Å². The first-order chi connectivity index (χ1) is 6.93. The van der Waals surface area contributed by atoms with Crippen molar-refractivity contribution < 1.29 is 4.65 Å². The molecule has 1 nitrogen and oxygen atoms in total. The molecule has 0 unspecified atom stereocenters. The van der Waals surface area contributed by atoms with E-state index in [0.29, 0.717) is 0 Å². The van der Waals surface area contributed by atoms with Gasteiger partial charge in [0.05, 0.1) is 0 Å². The molecule has 0 aliphatic heterocycles. The smallest absolute Gasteiger partial charge is 0.329 e. The second kappa shape index (κ2) is 7.63. The van der Waals surface area contributed by atoms with E-state index >= 15 is 0 Å². The zero-order valence-corrected chi connectivity index (χ0v) is 8.91. The van der Waals surface area contributed by atoms with Crippen LogP contribution in [0.1, 0.15) is 32.6 Å². The molecule has 0 N–H and O–H groups in total. The van der Waals surface area contributed by atoms with Crippen molar-refractivity contribution in [2.24, 2.45) is 0 Å². The zero-order valence-electron chi connectivity index (χ0n) is 8.91. The summed E-state index contributed by atoms with van der Waals surface area (Å²) in [5.41, 5.74) is 1.14. The lowest BCUT2D eigenvalue weighted by Gasteiger charge is -2.02. The molecule has 0 atom stereocenters. The van der Waals surface area contributed by atoms with E-state index in [-0.39, 0.29) is 0 Å². The summed E-state index contributed by atoms with van der Waals surface area (Å²) in [6.07, 6.45) is 5.04. The van der Waals surface area contributed by atoms with E-state index in [2.05, 4.69) is 6.92 Å². The Labute approximate surface area is 87.8 Å². The molecular weight excluding hydrogens is 171 g/mol. The Morgan fingerprint density at radius 3 is 2.57 bits per heavy atom. The van der Waals surface area contributed by atoms with Crippen LogP contribution in [-0.2, 0) is 4.65 Å². The third kappa shape index (κ3) is 5.08. The number of unbranched alkanes of at least 4 members (excludes halogenated alkanes) is 3. The van der Waals surface area contributed by atoms with Crippen molar-refractivity contribution in [3.8, 4) is 0 Å². The van der Waals surface area contributed by atoms with Crippen molar-refractivity contribution in [2.45, 2.75) is 32.6 Å². The van der Waals surface area contributed by atoms with Crippen LogP contribution in [0, 0.1) is 0 Å². The Morgan fingerprint density at radius 2 is 1.86 bits per heavy atom. The molecule has 0 amide bonds. The zero-order chi connectivity index (χ0) is 10.1. The highest BCUT2D eigenvalue weighted by molar-refractivity contribution is 6.46. The summed E-state index contributed by atoms with van der Waals surface area (Å²) < 4.78 is 5.44. The van der Waals surface area contributed by atoms with Gasteiger partial charge in [0, 0.05) is 6.61 Å². The summed E-state index contributed by atoms with van der Waals surface area (Å²) in [6.45, 7) is 3.06. The Hall–Kier alpha value is -0.755. The Morgan fingerprint density at radius 1 is 1.07 bits per heavy atom. The minimum Gasteiger partial charge on any atom is -0.434 e. The second-order valence-corrected chi connectivity index (χ2v) is 3.46. The third-order valence-electron chi connectivity index (χ3n) is 2.13. The van der Waals surface area contributed by atoms with Crippen LogP contribution >= 0.6 is 0 Å². The van der Waals surface area contributed by atoms with Crippen molar-refractivity contribution in [3.63, 3.8) is 0 Å². The molecule has 2 heteroatoms. The molecule has 14 heavy (non-hydrogen) atoms. The molecule has 0 fully saturated rings. The first kappa shape index (κ1) is 11.3. The van der Waals surface area contributed by atoms with Crippen molar-refractivity contribution >= 4 is 12.9 Å². The molecule has 1 radical (unpaired) electrons. The molecule has 0 aromatic heterocycles. The molecule has 0 saturated heterocycles. The van der Waals surface area contributed by atoms with Crippen molar-refractivity contribution in [3.05, 3.63) is 30.3 Å². The first-order valence-corrected chi connectivity index (χ1v) is 5.43. The molecule has 0 bridgehead atoms. The predicted octanol–water partition coefficient (Wildman–Crippen LogP) is 2.53. The van der Waals surface area contributed by atoms with E-state index in [0.717, 1.165) is 18.5 Å². The highest BCUT2D eigenvalue weighted by atomic mass is 16.4. The first-order valence-electron chi connectivity index (χ1n) is 5.43. The van der Waals surface area contributed by atoms with Gasteiger partial charge in [-0.3, -0.25) is 0 Å². The minimum atomic E-state index is 0.842. The quantitative estimate of drug-likeness (QED) is 0.473. The number of hydrogen-bond acceptors (Lipinski definition) is 1. The summed E-state index contributed by atoms with van der Waals surface area (Å²) in [5, 5.41) is 0. The van der Waals surface area contributed by atoms with E-state index < -0.39 is 0 Å². The Balaban J connectivity index is 1.99. The van der Waals surface area contributed by atoms with E-state index in [1.807, 2.05) is 37.8 Å². The van der Waals surface area contributed by atoms with Crippen LogP contribution in [0.5, 0.6) is 0 Å². The second-order valence-electron chi connectivity index (χ2n) is 3.46. The number of benzene rings is 1. The fraction of sp³-hybridized carbons (Fsp3) is 0.500. The number of rotatable bonds is 7. The van der Waals surface area contributed by atoms with E-state index in [1.54, 1.807) is 0 Å². The lowest BCUT2D eigenvalue weighted by molar-refractivity contribution is 0.327. The summed E-state index contributed by atoms with van der Waals surface area (Å²) in [5.74, 6) is 0. The van der Waals surface area contributed by atoms with Crippen LogP contribution in [0.15, 0.2) is 30.3 Å². The maximum absolute atomic E-state index is 5.44. The molecule has 0 aliphatic carbocycles. The fourth-order valence-corrected chi connectivity index (χ4v) is 1.30. The molecule has 1 aromatic rings. The fourth-order valence-electron chi connectivity index (χ4n) is 1.30. The van der Waals surface area contributed by atoms with Crippen molar-refractivity contribution in [1.82, 2.24) is 0 Å². The van der Waals surface area contributed by atoms with Gasteiger partial charge < -0.3 is 4.65 Å². The van der Waals surface area contributed by atoms with Crippen LogP contribution in [-0.4, -0.2) is 14.1 Å². The van der Waals surface area contributed by atoms with Crippen LogP contribution in [0.3, 0.4) is 0 Å². The van der Waals surface area contributed by atoms with Gasteiger partial charge in [-0.1, -0.05) is 62.0 Å². The van der Waals surface area contributed by atoms with Crippen LogP contribution < -0.4 is 5.46 Å². The van der Waals surface area contributed by atoms with Gasteiger partial charge in [-0.25, -0.2) is 0 Å². The molecule has 1 rings (SSSR count). The lowest BCUT2D eigenvalue weighted by atomic mass is 9.88. The predicted molar refractivity (Wildman–Crippen MR) is 61.9 cm³/mol. The van der Waals surface area contributed by atoms with E-state index in [1.165, 1.54) is 19.3 Å². The van der Waals surface area contributed by atoms with Crippen LogP contribution in [0.4, 0.5) is 0 Å². The van der Waals surface area contributed by atoms with Gasteiger partial charge in [-0.05, 0) is 6.42 Å². The minimum absolute atomic E-state index is 0.842. The third-order valence-corrected chi connectivity index (χ3v) is 2.13. The van der Waals surface area contributed by atoms with Crippen molar-refractivity contribution in [1.29, 1.82) is 0 Å². The molecule has 75 valence electrons. The van der Waals surface area contributed by atoms with Gasteiger partial charge in [0.15, 0.2) is 0 Å². The average Bonchev–Trinajstić information content (AvgIpc) is 2.25. The molecule has 0 spiro atoms. The maximum Gasteiger partial charge on any atom is 0.329 e. The van der Waals surface area contributed by atoms with Crippen LogP contribution in [0.2, 0.25) is 0 Å². The number of hydrogen-bond donors (Lipinski definition) is 0. The standard InChI is InChI=1S/C12H18BO/c1-2-3-4-8-11-14-13-12-9-6-5-7-10-12/h5-7,9-10H,2-4,8,11H2,1H3. The highest BCUT2D eigenvalue weighted by Crippen LogP contribution is 1.98. The summed E-state index contributed by atoms with van der Waals surface area (Å²) >= 11 is 0. The molecular formula is C12H18BO. The SMILES string of the molecule is CCCCCCO[B]c1ccccc1. The van der Waals surface area contributed by atoms with Gasteiger partial charge >= 0.3 is 7.48 Å². The van der Waals surface area contributed by atoms with Gasteiger partial charge in [0.1, 0.15) is 0 Å². The van der Waals surface area contributed by atoms with Gasteiger partial charge in [0.2, 0.25) is 0 Å². The summed E-state index contributed by atoms with van der Waals surface area (Å²) in [4.78, 5) is 0. The monoisotopic (exact) mass is 189 g/mol. The average molecular weight is 189 g/mol. The highest BCUT2D eigenvalue weighted by Gasteiger charge is 1.95.